The number of aromatic hydroxyl groups is 1. The highest BCUT2D eigenvalue weighted by atomic mass is 32.1. The molecule has 3 N–H and O–H groups in total. The Morgan fingerprint density at radius 1 is 1.05 bits per heavy atom. The molecule has 210 valence electrons. The summed E-state index contributed by atoms with van der Waals surface area (Å²) in [5, 5.41) is 16.4. The maximum Gasteiger partial charge on any atom is 0.408 e. The van der Waals surface area contributed by atoms with E-state index in [2.05, 4.69) is 30.2 Å². The number of amides is 3. The fourth-order valence-corrected chi connectivity index (χ4v) is 4.23. The zero-order chi connectivity index (χ0) is 28.2. The Morgan fingerprint density at radius 2 is 1.68 bits per heavy atom. The molecule has 37 heavy (non-hydrogen) atoms. The van der Waals surface area contributed by atoms with Crippen molar-refractivity contribution in [3.05, 3.63) is 29.3 Å². The van der Waals surface area contributed by atoms with Gasteiger partial charge in [0, 0.05) is 23.9 Å². The van der Waals surface area contributed by atoms with Gasteiger partial charge in [-0.2, -0.15) is 12.6 Å². The quantitative estimate of drug-likeness (QED) is 0.191. The number of hydrogen-bond acceptors (Lipinski definition) is 6. The zero-order valence-corrected chi connectivity index (χ0v) is 24.5. The van der Waals surface area contributed by atoms with Crippen LogP contribution >= 0.6 is 12.6 Å². The minimum Gasteiger partial charge on any atom is -0.507 e. The summed E-state index contributed by atoms with van der Waals surface area (Å²) in [7, 11) is 0. The minimum atomic E-state index is -1.08. The van der Waals surface area contributed by atoms with Crippen molar-refractivity contribution in [1.82, 2.24) is 15.5 Å². The molecule has 3 amide bonds. The Morgan fingerprint density at radius 3 is 2.24 bits per heavy atom. The average molecular weight is 538 g/mol. The molecule has 0 heterocycles. The number of benzene rings is 1. The van der Waals surface area contributed by atoms with E-state index in [1.165, 1.54) is 4.90 Å². The van der Waals surface area contributed by atoms with Gasteiger partial charge in [0.25, 0.3) is 0 Å². The van der Waals surface area contributed by atoms with Crippen molar-refractivity contribution in [2.45, 2.75) is 111 Å². The van der Waals surface area contributed by atoms with Gasteiger partial charge in [-0.1, -0.05) is 57.2 Å². The molecule has 1 rings (SSSR count). The number of para-hydroxylation sites is 1. The molecule has 0 aromatic heterocycles. The van der Waals surface area contributed by atoms with E-state index in [0.717, 1.165) is 32.1 Å². The van der Waals surface area contributed by atoms with Crippen LogP contribution in [0.2, 0.25) is 0 Å². The SMILES string of the molecule is CCCCCCCCN(C(=O)C(CS)NC(=O)OC(C)(C)C)C(C(=O)NC(C)C)c1cccc(C)c1O. The first kappa shape index (κ1) is 32.6. The molecule has 0 aliphatic heterocycles. The molecule has 1 aromatic carbocycles. The lowest BCUT2D eigenvalue weighted by atomic mass is 9.98. The van der Waals surface area contributed by atoms with Crippen LogP contribution in [-0.4, -0.2) is 57.9 Å². The van der Waals surface area contributed by atoms with Gasteiger partial charge in [-0.25, -0.2) is 4.79 Å². The minimum absolute atomic E-state index is 0.0173. The van der Waals surface area contributed by atoms with Gasteiger partial charge < -0.3 is 25.4 Å². The number of rotatable bonds is 14. The summed E-state index contributed by atoms with van der Waals surface area (Å²) in [4.78, 5) is 41.3. The molecular formula is C28H47N3O5S. The third-order valence-corrected chi connectivity index (χ3v) is 6.13. The molecular weight excluding hydrogens is 490 g/mol. The molecule has 0 radical (unpaired) electrons. The highest BCUT2D eigenvalue weighted by Crippen LogP contribution is 2.32. The number of alkyl carbamates (subject to hydrolysis) is 1. The molecule has 9 heteroatoms. The molecule has 2 unspecified atom stereocenters. The lowest BCUT2D eigenvalue weighted by molar-refractivity contribution is -0.142. The van der Waals surface area contributed by atoms with Crippen molar-refractivity contribution in [3.63, 3.8) is 0 Å². The number of phenols is 1. The van der Waals surface area contributed by atoms with E-state index in [0.29, 0.717) is 17.5 Å². The Labute approximate surface area is 228 Å². The van der Waals surface area contributed by atoms with Crippen LogP contribution in [0.5, 0.6) is 5.75 Å². The Kier molecular flexibility index (Phi) is 13.9. The number of ether oxygens (including phenoxy) is 1. The summed E-state index contributed by atoms with van der Waals surface area (Å²) in [6.07, 6.45) is 5.27. The smallest absolute Gasteiger partial charge is 0.408 e. The summed E-state index contributed by atoms with van der Waals surface area (Å²) in [5.74, 6) is -0.872. The number of phenolic OH excluding ortho intramolecular Hbond substituents is 1. The van der Waals surface area contributed by atoms with Crippen LogP contribution < -0.4 is 10.6 Å². The molecule has 0 fully saturated rings. The maximum atomic E-state index is 13.9. The highest BCUT2D eigenvalue weighted by molar-refractivity contribution is 7.80. The van der Waals surface area contributed by atoms with Gasteiger partial charge >= 0.3 is 6.09 Å². The summed E-state index contributed by atoms with van der Waals surface area (Å²) >= 11 is 4.32. The third-order valence-electron chi connectivity index (χ3n) is 5.76. The van der Waals surface area contributed by atoms with Gasteiger partial charge in [0.15, 0.2) is 0 Å². The van der Waals surface area contributed by atoms with Gasteiger partial charge in [0.1, 0.15) is 23.4 Å². The molecule has 1 aromatic rings. The van der Waals surface area contributed by atoms with Crippen molar-refractivity contribution in [2.24, 2.45) is 0 Å². The van der Waals surface area contributed by atoms with Gasteiger partial charge in [-0.15, -0.1) is 0 Å². The van der Waals surface area contributed by atoms with Crippen LogP contribution in [0.4, 0.5) is 4.79 Å². The Hall–Kier alpha value is -2.42. The van der Waals surface area contributed by atoms with Crippen LogP contribution in [0.25, 0.3) is 0 Å². The summed E-state index contributed by atoms with van der Waals surface area (Å²) in [6.45, 7) is 13.1. The van der Waals surface area contributed by atoms with E-state index in [9.17, 15) is 19.5 Å². The largest absolute Gasteiger partial charge is 0.507 e. The van der Waals surface area contributed by atoms with E-state index >= 15 is 0 Å². The number of carbonyl (C=O) groups excluding carboxylic acids is 3. The van der Waals surface area contributed by atoms with Gasteiger partial charge in [0.2, 0.25) is 11.8 Å². The second-order valence-corrected chi connectivity index (χ2v) is 11.1. The van der Waals surface area contributed by atoms with Crippen molar-refractivity contribution < 1.29 is 24.2 Å². The molecule has 0 aliphatic rings. The lowest BCUT2D eigenvalue weighted by Crippen LogP contribution is -2.54. The second kappa shape index (κ2) is 15.7. The maximum absolute atomic E-state index is 13.9. The molecule has 0 bridgehead atoms. The standard InChI is InChI=1S/C28H47N3O5S/c1-8-9-10-11-12-13-17-31(26(34)22(18-37)30-27(35)36-28(5,6)7)23(25(33)29-19(2)3)21-16-14-15-20(4)24(21)32/h14-16,19,22-23,32,37H,8-13,17-18H2,1-7H3,(H,29,33)(H,30,35). The van der Waals surface area contributed by atoms with E-state index in [1.807, 2.05) is 13.8 Å². The van der Waals surface area contributed by atoms with Crippen molar-refractivity contribution in [2.75, 3.05) is 12.3 Å². The van der Waals surface area contributed by atoms with Gasteiger partial charge in [-0.3, -0.25) is 9.59 Å². The fraction of sp³-hybridized carbons (Fsp3) is 0.679. The highest BCUT2D eigenvalue weighted by Gasteiger charge is 2.37. The number of unbranched alkanes of at least 4 members (excludes halogenated alkanes) is 5. The van der Waals surface area contributed by atoms with E-state index in [1.54, 1.807) is 45.9 Å². The Balaban J connectivity index is 3.39. The van der Waals surface area contributed by atoms with Crippen molar-refractivity contribution in [1.29, 1.82) is 0 Å². The predicted molar refractivity (Wildman–Crippen MR) is 151 cm³/mol. The molecule has 0 saturated carbocycles. The van der Waals surface area contributed by atoms with Crippen LogP contribution in [0.1, 0.15) is 97.2 Å². The number of nitrogens with one attached hydrogen (secondary N) is 2. The Bertz CT molecular complexity index is 885. The molecule has 0 aliphatic carbocycles. The van der Waals surface area contributed by atoms with Gasteiger partial charge in [-0.05, 0) is 53.5 Å². The second-order valence-electron chi connectivity index (χ2n) is 10.8. The first-order valence-corrected chi connectivity index (χ1v) is 13.9. The molecule has 0 saturated heterocycles. The van der Waals surface area contributed by atoms with E-state index in [-0.39, 0.29) is 24.1 Å². The summed E-state index contributed by atoms with van der Waals surface area (Å²) in [6, 6.07) is 2.89. The lowest BCUT2D eigenvalue weighted by Gasteiger charge is -2.35. The van der Waals surface area contributed by atoms with Crippen LogP contribution in [0, 0.1) is 6.92 Å². The number of aryl methyl sites for hydroxylation is 1. The zero-order valence-electron chi connectivity index (χ0n) is 23.6. The number of thiol groups is 1. The first-order chi connectivity index (χ1) is 17.3. The number of nitrogens with zero attached hydrogens (tertiary/aromatic N) is 1. The number of carbonyl (C=O) groups is 3. The predicted octanol–water partition coefficient (Wildman–Crippen LogP) is 5.28. The van der Waals surface area contributed by atoms with Crippen molar-refractivity contribution in [3.8, 4) is 5.75 Å². The topological polar surface area (TPSA) is 108 Å². The number of hydrogen-bond donors (Lipinski definition) is 4. The summed E-state index contributed by atoms with van der Waals surface area (Å²) < 4.78 is 5.34. The van der Waals surface area contributed by atoms with E-state index in [4.69, 9.17) is 4.74 Å². The molecule has 8 nitrogen and oxygen atoms in total. The van der Waals surface area contributed by atoms with Crippen molar-refractivity contribution >= 4 is 30.5 Å². The normalized spacial score (nSPS) is 13.1. The first-order valence-electron chi connectivity index (χ1n) is 13.3. The van der Waals surface area contributed by atoms with E-state index < -0.39 is 35.6 Å². The van der Waals surface area contributed by atoms with Crippen LogP contribution in [0.15, 0.2) is 18.2 Å². The monoisotopic (exact) mass is 537 g/mol. The van der Waals surface area contributed by atoms with Crippen LogP contribution in [-0.2, 0) is 14.3 Å². The molecule has 2 atom stereocenters. The fourth-order valence-electron chi connectivity index (χ4n) is 3.98. The summed E-state index contributed by atoms with van der Waals surface area (Å²) in [5.41, 5.74) is 0.205. The molecule has 0 spiro atoms. The van der Waals surface area contributed by atoms with Crippen LogP contribution in [0.3, 0.4) is 0 Å². The average Bonchev–Trinajstić information content (AvgIpc) is 2.79. The van der Waals surface area contributed by atoms with Gasteiger partial charge in [0.05, 0.1) is 0 Å². The third kappa shape index (κ3) is 11.2.